The van der Waals surface area contributed by atoms with Gasteiger partial charge in [0.15, 0.2) is 0 Å². The highest BCUT2D eigenvalue weighted by Crippen LogP contribution is 2.13. The molecule has 114 valence electrons. The summed E-state index contributed by atoms with van der Waals surface area (Å²) in [4.78, 5) is 35.6. The lowest BCUT2D eigenvalue weighted by molar-refractivity contribution is -0.138. The van der Waals surface area contributed by atoms with Crippen LogP contribution in [0.4, 0.5) is 4.79 Å². The maximum atomic E-state index is 11.9. The maximum Gasteiger partial charge on any atom is 0.324 e. The molecule has 1 rings (SSSR count). The zero-order valence-electron chi connectivity index (χ0n) is 11.9. The van der Waals surface area contributed by atoms with Gasteiger partial charge in [-0.15, -0.1) is 0 Å². The Balaban J connectivity index is 2.36. The van der Waals surface area contributed by atoms with Gasteiger partial charge in [0.2, 0.25) is 5.91 Å². The first-order chi connectivity index (χ1) is 9.40. The third-order valence-electron chi connectivity index (χ3n) is 3.36. The number of nitrogens with one attached hydrogen (secondary N) is 1. The largest absolute Gasteiger partial charge is 0.481 e. The number of carboxylic acids is 1. The van der Waals surface area contributed by atoms with Crippen LogP contribution in [0, 0.1) is 5.92 Å². The fraction of sp³-hybridized carbons (Fsp3) is 0.769. The summed E-state index contributed by atoms with van der Waals surface area (Å²) in [7, 11) is 1.65. The molecule has 7 heteroatoms. The summed E-state index contributed by atoms with van der Waals surface area (Å²) in [5.74, 6) is -1.69. The summed E-state index contributed by atoms with van der Waals surface area (Å²) < 4.78 is 5.22. The van der Waals surface area contributed by atoms with Crippen molar-refractivity contribution in [3.63, 3.8) is 0 Å². The van der Waals surface area contributed by atoms with E-state index in [0.29, 0.717) is 13.2 Å². The van der Waals surface area contributed by atoms with E-state index in [0.717, 1.165) is 12.8 Å². The molecule has 0 aromatic rings. The smallest absolute Gasteiger partial charge is 0.324 e. The number of imide groups is 1. The number of rotatable bonds is 5. The fourth-order valence-electron chi connectivity index (χ4n) is 2.18. The summed E-state index contributed by atoms with van der Waals surface area (Å²) >= 11 is 0. The van der Waals surface area contributed by atoms with E-state index >= 15 is 0 Å². The third-order valence-corrected chi connectivity index (χ3v) is 3.36. The SMILES string of the molecule is CC(CC(=O)O)CC(=O)NC(=O)N(C)C1CCOCC1. The van der Waals surface area contributed by atoms with E-state index in [2.05, 4.69) is 5.32 Å². The molecule has 7 nitrogen and oxygen atoms in total. The minimum Gasteiger partial charge on any atom is -0.481 e. The monoisotopic (exact) mass is 286 g/mol. The molecule has 0 aliphatic carbocycles. The molecule has 20 heavy (non-hydrogen) atoms. The zero-order valence-corrected chi connectivity index (χ0v) is 11.9. The number of nitrogens with zero attached hydrogens (tertiary/aromatic N) is 1. The van der Waals surface area contributed by atoms with E-state index in [4.69, 9.17) is 9.84 Å². The van der Waals surface area contributed by atoms with Gasteiger partial charge in [-0.05, 0) is 18.8 Å². The van der Waals surface area contributed by atoms with Gasteiger partial charge in [-0.2, -0.15) is 0 Å². The molecule has 0 radical (unpaired) electrons. The second kappa shape index (κ2) is 7.84. The Kier molecular flexibility index (Phi) is 6.44. The third kappa shape index (κ3) is 5.56. The van der Waals surface area contributed by atoms with Crippen LogP contribution in [0.15, 0.2) is 0 Å². The average molecular weight is 286 g/mol. The number of aliphatic carboxylic acids is 1. The van der Waals surface area contributed by atoms with Crippen LogP contribution in [0.5, 0.6) is 0 Å². The molecule has 1 fully saturated rings. The molecular formula is C13H22N2O5. The highest BCUT2D eigenvalue weighted by Gasteiger charge is 2.24. The predicted octanol–water partition coefficient (Wildman–Crippen LogP) is 0.834. The first-order valence-electron chi connectivity index (χ1n) is 6.76. The predicted molar refractivity (Wildman–Crippen MR) is 71.2 cm³/mol. The molecule has 0 aromatic heterocycles. The molecule has 0 bridgehead atoms. The second-order valence-corrected chi connectivity index (χ2v) is 5.21. The number of carbonyl (C=O) groups is 3. The number of amides is 3. The number of hydrogen-bond acceptors (Lipinski definition) is 4. The topological polar surface area (TPSA) is 95.9 Å². The Morgan fingerprint density at radius 1 is 1.30 bits per heavy atom. The Labute approximate surface area is 118 Å². The number of urea groups is 1. The summed E-state index contributed by atoms with van der Waals surface area (Å²) in [5.41, 5.74) is 0. The van der Waals surface area contributed by atoms with Gasteiger partial charge >= 0.3 is 12.0 Å². The summed E-state index contributed by atoms with van der Waals surface area (Å²) in [5, 5.41) is 10.9. The lowest BCUT2D eigenvalue weighted by Gasteiger charge is -2.31. The normalized spacial score (nSPS) is 17.3. The van der Waals surface area contributed by atoms with Crippen molar-refractivity contribution >= 4 is 17.9 Å². The van der Waals surface area contributed by atoms with Crippen molar-refractivity contribution < 1.29 is 24.2 Å². The summed E-state index contributed by atoms with van der Waals surface area (Å²) in [6, 6.07) is -0.364. The first kappa shape index (κ1) is 16.4. The van der Waals surface area contributed by atoms with Crippen LogP contribution in [0.2, 0.25) is 0 Å². The molecule has 0 aromatic carbocycles. The van der Waals surface area contributed by atoms with Gasteiger partial charge in [0.05, 0.1) is 0 Å². The van der Waals surface area contributed by atoms with Crippen LogP contribution in [0.3, 0.4) is 0 Å². The molecule has 1 unspecified atom stereocenters. The van der Waals surface area contributed by atoms with Crippen molar-refractivity contribution in [1.29, 1.82) is 0 Å². The highest BCUT2D eigenvalue weighted by atomic mass is 16.5. The molecule has 1 aliphatic rings. The van der Waals surface area contributed by atoms with Crippen LogP contribution >= 0.6 is 0 Å². The van der Waals surface area contributed by atoms with E-state index in [1.165, 1.54) is 4.90 Å². The van der Waals surface area contributed by atoms with Crippen LogP contribution < -0.4 is 5.32 Å². The van der Waals surface area contributed by atoms with Gasteiger partial charge in [0.25, 0.3) is 0 Å². The standard InChI is InChI=1S/C13H22N2O5/c1-9(8-12(17)18)7-11(16)14-13(19)15(2)10-3-5-20-6-4-10/h9-10H,3-8H2,1-2H3,(H,17,18)(H,14,16,19). The summed E-state index contributed by atoms with van der Waals surface area (Å²) in [6.07, 6.45) is 1.46. The van der Waals surface area contributed by atoms with E-state index in [1.54, 1.807) is 14.0 Å². The highest BCUT2D eigenvalue weighted by molar-refractivity contribution is 5.94. The number of carbonyl (C=O) groups excluding carboxylic acids is 2. The van der Waals surface area contributed by atoms with Crippen LogP contribution in [-0.2, 0) is 14.3 Å². The van der Waals surface area contributed by atoms with Crippen LogP contribution in [-0.4, -0.2) is 54.2 Å². The van der Waals surface area contributed by atoms with Gasteiger partial charge in [-0.1, -0.05) is 6.92 Å². The van der Waals surface area contributed by atoms with E-state index < -0.39 is 17.9 Å². The summed E-state index contributed by atoms with van der Waals surface area (Å²) in [6.45, 7) is 2.90. The van der Waals surface area contributed by atoms with Crippen molar-refractivity contribution in [1.82, 2.24) is 10.2 Å². The van der Waals surface area contributed by atoms with E-state index in [-0.39, 0.29) is 24.8 Å². The number of ether oxygens (including phenoxy) is 1. The molecule has 0 saturated carbocycles. The van der Waals surface area contributed by atoms with Gasteiger partial charge in [0.1, 0.15) is 0 Å². The van der Waals surface area contributed by atoms with Crippen LogP contribution in [0.1, 0.15) is 32.6 Å². The molecule has 3 amide bonds. The van der Waals surface area contributed by atoms with Crippen LogP contribution in [0.25, 0.3) is 0 Å². The van der Waals surface area contributed by atoms with E-state index in [9.17, 15) is 14.4 Å². The van der Waals surface area contributed by atoms with Crippen molar-refractivity contribution in [2.24, 2.45) is 5.92 Å². The van der Waals surface area contributed by atoms with Crippen molar-refractivity contribution in [3.05, 3.63) is 0 Å². The van der Waals surface area contributed by atoms with E-state index in [1.807, 2.05) is 0 Å². The Bertz CT molecular complexity index is 366. The fourth-order valence-corrected chi connectivity index (χ4v) is 2.18. The average Bonchev–Trinajstić information content (AvgIpc) is 2.37. The number of hydrogen-bond donors (Lipinski definition) is 2. The quantitative estimate of drug-likeness (QED) is 0.780. The van der Waals surface area contributed by atoms with Gasteiger partial charge in [0, 0.05) is 39.1 Å². The lowest BCUT2D eigenvalue weighted by Crippen LogP contribution is -2.47. The molecule has 0 spiro atoms. The molecule has 1 aliphatic heterocycles. The molecule has 2 N–H and O–H groups in total. The lowest BCUT2D eigenvalue weighted by atomic mass is 10.0. The Morgan fingerprint density at radius 2 is 1.90 bits per heavy atom. The van der Waals surface area contributed by atoms with Gasteiger partial charge in [-0.3, -0.25) is 14.9 Å². The minimum atomic E-state index is -0.948. The Hall–Kier alpha value is -1.63. The first-order valence-corrected chi connectivity index (χ1v) is 6.76. The molecule has 1 heterocycles. The molecule has 1 atom stereocenters. The van der Waals surface area contributed by atoms with Crippen molar-refractivity contribution in [2.45, 2.75) is 38.6 Å². The zero-order chi connectivity index (χ0) is 15.1. The molecule has 1 saturated heterocycles. The van der Waals surface area contributed by atoms with Crippen molar-refractivity contribution in [2.75, 3.05) is 20.3 Å². The Morgan fingerprint density at radius 3 is 2.45 bits per heavy atom. The minimum absolute atomic E-state index is 0.0274. The van der Waals surface area contributed by atoms with Crippen molar-refractivity contribution in [3.8, 4) is 0 Å². The second-order valence-electron chi connectivity index (χ2n) is 5.21. The van der Waals surface area contributed by atoms with Gasteiger partial charge in [-0.25, -0.2) is 4.79 Å². The number of carboxylic acid groups (broad SMARTS) is 1. The molecular weight excluding hydrogens is 264 g/mol. The maximum absolute atomic E-state index is 11.9. The van der Waals surface area contributed by atoms with Gasteiger partial charge < -0.3 is 14.7 Å².